The number of nitrogens with one attached hydrogen (secondary N) is 1. The fourth-order valence-electron chi connectivity index (χ4n) is 2.47. The highest BCUT2D eigenvalue weighted by Crippen LogP contribution is 2.20. The van der Waals surface area contributed by atoms with Gasteiger partial charge in [0.2, 0.25) is 0 Å². The van der Waals surface area contributed by atoms with E-state index in [2.05, 4.69) is 48.1 Å². The molecule has 0 saturated heterocycles. The Morgan fingerprint density at radius 2 is 1.95 bits per heavy atom. The van der Waals surface area contributed by atoms with Crippen LogP contribution in [0.4, 0.5) is 0 Å². The summed E-state index contributed by atoms with van der Waals surface area (Å²) in [4.78, 5) is 7.71. The minimum Gasteiger partial charge on any atom is -0.329 e. The molecule has 0 bridgehead atoms. The predicted molar refractivity (Wildman–Crippen MR) is 85.0 cm³/mol. The Balaban J connectivity index is 2.16. The van der Waals surface area contributed by atoms with Crippen LogP contribution in [0.25, 0.3) is 16.9 Å². The number of benzene rings is 1. The van der Waals surface area contributed by atoms with E-state index in [-0.39, 0.29) is 0 Å². The number of aromatic nitrogens is 3. The lowest BCUT2D eigenvalue weighted by molar-refractivity contribution is 0.919. The monoisotopic (exact) mass is 283 g/mol. The predicted octanol–water partition coefficient (Wildman–Crippen LogP) is 4.34. The summed E-state index contributed by atoms with van der Waals surface area (Å²) in [5, 5.41) is 0. The van der Waals surface area contributed by atoms with Crippen LogP contribution in [0.1, 0.15) is 24.5 Å². The molecule has 0 amide bonds. The van der Waals surface area contributed by atoms with Crippen LogP contribution in [-0.2, 0) is 6.42 Å². The van der Waals surface area contributed by atoms with Gasteiger partial charge in [0, 0.05) is 11.9 Å². The van der Waals surface area contributed by atoms with Crippen LogP contribution in [0.5, 0.6) is 0 Å². The molecule has 0 fully saturated rings. The molecule has 0 atom stereocenters. The van der Waals surface area contributed by atoms with Crippen molar-refractivity contribution in [1.29, 1.82) is 0 Å². The number of aryl methyl sites for hydroxylation is 2. The molecule has 2 aromatic heterocycles. The van der Waals surface area contributed by atoms with Crippen molar-refractivity contribution in [3.63, 3.8) is 0 Å². The normalized spacial score (nSPS) is 11.1. The molecule has 2 heterocycles. The third kappa shape index (κ3) is 2.16. The van der Waals surface area contributed by atoms with Crippen molar-refractivity contribution < 1.29 is 0 Å². The lowest BCUT2D eigenvalue weighted by atomic mass is 10.1. The van der Waals surface area contributed by atoms with Crippen LogP contribution in [-0.4, -0.2) is 14.5 Å². The van der Waals surface area contributed by atoms with Gasteiger partial charge in [0.05, 0.1) is 5.52 Å². The second kappa shape index (κ2) is 5.21. The Labute approximate surface area is 123 Å². The van der Waals surface area contributed by atoms with Gasteiger partial charge in [-0.2, -0.15) is 0 Å². The van der Waals surface area contributed by atoms with Crippen LogP contribution in [0, 0.1) is 11.7 Å². The molecule has 0 spiro atoms. The number of aromatic amines is 1. The number of nitrogens with zero attached hydrogens (tertiary/aromatic N) is 2. The van der Waals surface area contributed by atoms with E-state index in [1.807, 2.05) is 16.8 Å². The molecule has 3 rings (SSSR count). The Morgan fingerprint density at radius 1 is 1.20 bits per heavy atom. The summed E-state index contributed by atoms with van der Waals surface area (Å²) in [5.74, 6) is 0. The van der Waals surface area contributed by atoms with Gasteiger partial charge in [0.1, 0.15) is 0 Å². The summed E-state index contributed by atoms with van der Waals surface area (Å²) in [6.07, 6.45) is 4.09. The van der Waals surface area contributed by atoms with Gasteiger partial charge >= 0.3 is 0 Å². The first kappa shape index (κ1) is 13.1. The van der Waals surface area contributed by atoms with E-state index >= 15 is 0 Å². The average molecular weight is 283 g/mol. The van der Waals surface area contributed by atoms with E-state index < -0.39 is 0 Å². The zero-order valence-corrected chi connectivity index (χ0v) is 12.5. The quantitative estimate of drug-likeness (QED) is 0.725. The minimum atomic E-state index is 0.685. The zero-order chi connectivity index (χ0) is 14.1. The number of rotatable bonds is 3. The molecule has 0 aliphatic rings. The average Bonchev–Trinajstić information content (AvgIpc) is 2.78. The lowest BCUT2D eigenvalue weighted by Crippen LogP contribution is -1.96. The number of fused-ring (bicyclic) bond motifs is 1. The van der Waals surface area contributed by atoms with E-state index in [0.717, 1.165) is 35.3 Å². The number of hydrogen-bond acceptors (Lipinski definition) is 2. The maximum absolute atomic E-state index is 5.45. The summed E-state index contributed by atoms with van der Waals surface area (Å²) in [6.45, 7) is 4.25. The fourth-order valence-corrected chi connectivity index (χ4v) is 2.76. The lowest BCUT2D eigenvalue weighted by Gasteiger charge is -2.05. The van der Waals surface area contributed by atoms with Crippen molar-refractivity contribution in [2.24, 2.45) is 0 Å². The standard InChI is InChI=1S/C16H17N3S/c1-3-4-12-5-7-13(8-6-12)19-15-14(18-16(19)20)11(2)9-10-17-15/h5-10H,3-4H2,1-2H3,(H,18,20). The van der Waals surface area contributed by atoms with E-state index in [0.29, 0.717) is 4.77 Å². The van der Waals surface area contributed by atoms with Crippen molar-refractivity contribution in [2.45, 2.75) is 26.7 Å². The summed E-state index contributed by atoms with van der Waals surface area (Å²) in [5.41, 5.74) is 5.46. The Bertz CT molecular complexity index is 797. The van der Waals surface area contributed by atoms with E-state index in [1.54, 1.807) is 0 Å². The van der Waals surface area contributed by atoms with E-state index in [4.69, 9.17) is 12.2 Å². The summed E-state index contributed by atoms with van der Waals surface area (Å²) in [7, 11) is 0. The highest BCUT2D eigenvalue weighted by Gasteiger charge is 2.09. The van der Waals surface area contributed by atoms with E-state index in [9.17, 15) is 0 Å². The van der Waals surface area contributed by atoms with Crippen LogP contribution < -0.4 is 0 Å². The van der Waals surface area contributed by atoms with Gasteiger partial charge in [0.25, 0.3) is 0 Å². The van der Waals surface area contributed by atoms with Crippen molar-refractivity contribution in [3.8, 4) is 5.69 Å². The number of imidazole rings is 1. The van der Waals surface area contributed by atoms with Gasteiger partial charge in [-0.15, -0.1) is 0 Å². The molecule has 102 valence electrons. The van der Waals surface area contributed by atoms with Gasteiger partial charge in [0.15, 0.2) is 10.4 Å². The molecule has 0 aliphatic heterocycles. The Hall–Kier alpha value is -1.94. The smallest absolute Gasteiger partial charge is 0.184 e. The number of hydrogen-bond donors (Lipinski definition) is 1. The van der Waals surface area contributed by atoms with Gasteiger partial charge in [-0.05, 0) is 54.9 Å². The van der Waals surface area contributed by atoms with Crippen LogP contribution >= 0.6 is 12.2 Å². The van der Waals surface area contributed by atoms with Gasteiger partial charge < -0.3 is 4.98 Å². The molecule has 0 radical (unpaired) electrons. The molecule has 3 nitrogen and oxygen atoms in total. The van der Waals surface area contributed by atoms with Crippen LogP contribution in [0.3, 0.4) is 0 Å². The molecule has 0 aliphatic carbocycles. The highest BCUT2D eigenvalue weighted by atomic mass is 32.1. The molecular formula is C16H17N3S. The van der Waals surface area contributed by atoms with Crippen LogP contribution in [0.15, 0.2) is 36.5 Å². The first-order valence-corrected chi connectivity index (χ1v) is 7.27. The first-order valence-electron chi connectivity index (χ1n) is 6.86. The zero-order valence-electron chi connectivity index (χ0n) is 11.7. The molecule has 0 saturated carbocycles. The van der Waals surface area contributed by atoms with E-state index in [1.165, 1.54) is 5.56 Å². The fraction of sp³-hybridized carbons (Fsp3) is 0.250. The molecule has 4 heteroatoms. The minimum absolute atomic E-state index is 0.685. The maximum atomic E-state index is 5.45. The first-order chi connectivity index (χ1) is 9.70. The third-order valence-electron chi connectivity index (χ3n) is 3.52. The highest BCUT2D eigenvalue weighted by molar-refractivity contribution is 7.71. The summed E-state index contributed by atoms with van der Waals surface area (Å²) >= 11 is 5.45. The summed E-state index contributed by atoms with van der Waals surface area (Å²) < 4.78 is 2.68. The van der Waals surface area contributed by atoms with Crippen molar-refractivity contribution >= 4 is 23.4 Å². The molecular weight excluding hydrogens is 266 g/mol. The molecule has 1 N–H and O–H groups in total. The third-order valence-corrected chi connectivity index (χ3v) is 3.80. The van der Waals surface area contributed by atoms with Crippen LogP contribution in [0.2, 0.25) is 0 Å². The van der Waals surface area contributed by atoms with Gasteiger partial charge in [-0.3, -0.25) is 4.57 Å². The molecule has 1 aromatic carbocycles. The number of H-pyrrole nitrogens is 1. The Kier molecular flexibility index (Phi) is 3.40. The van der Waals surface area contributed by atoms with Gasteiger partial charge in [-0.1, -0.05) is 25.5 Å². The van der Waals surface area contributed by atoms with Gasteiger partial charge in [-0.25, -0.2) is 4.98 Å². The summed E-state index contributed by atoms with van der Waals surface area (Å²) in [6, 6.07) is 10.5. The molecule has 20 heavy (non-hydrogen) atoms. The second-order valence-corrected chi connectivity index (χ2v) is 5.40. The van der Waals surface area contributed by atoms with Crippen molar-refractivity contribution in [3.05, 3.63) is 52.4 Å². The topological polar surface area (TPSA) is 33.6 Å². The number of pyridine rings is 1. The Morgan fingerprint density at radius 3 is 2.65 bits per heavy atom. The van der Waals surface area contributed by atoms with Crippen molar-refractivity contribution in [2.75, 3.05) is 0 Å². The maximum Gasteiger partial charge on any atom is 0.184 e. The molecule has 3 aromatic rings. The second-order valence-electron chi connectivity index (χ2n) is 5.01. The largest absolute Gasteiger partial charge is 0.329 e. The van der Waals surface area contributed by atoms with Crippen molar-refractivity contribution in [1.82, 2.24) is 14.5 Å². The SMILES string of the molecule is CCCc1ccc(-n2c(=S)[nH]c3c(C)ccnc32)cc1. The molecule has 0 unspecified atom stereocenters.